The maximum absolute atomic E-state index is 13.8. The summed E-state index contributed by atoms with van der Waals surface area (Å²) < 4.78 is 29.0. The number of nitrogens with two attached hydrogens (primary N) is 1. The molecule has 8 heteroatoms. The van der Waals surface area contributed by atoms with Gasteiger partial charge in [0.25, 0.3) is 0 Å². The fourth-order valence-corrected chi connectivity index (χ4v) is 5.42. The maximum Gasteiger partial charge on any atom is 0.212 e. The minimum Gasteiger partial charge on any atom is -0.382 e. The van der Waals surface area contributed by atoms with Crippen LogP contribution in [0.3, 0.4) is 0 Å². The normalized spacial score (nSPS) is 12.2. The van der Waals surface area contributed by atoms with Gasteiger partial charge in [0.2, 0.25) is 9.84 Å². The van der Waals surface area contributed by atoms with Crippen LogP contribution in [0, 0.1) is 20.8 Å². The van der Waals surface area contributed by atoms with Crippen LogP contribution in [0.1, 0.15) is 22.3 Å². The first-order valence-electron chi connectivity index (χ1n) is 10.8. The van der Waals surface area contributed by atoms with Crippen LogP contribution in [0.4, 0.5) is 5.82 Å². The topological polar surface area (TPSA) is 103 Å². The Morgan fingerprint density at radius 1 is 0.853 bits per heavy atom. The van der Waals surface area contributed by atoms with E-state index in [1.807, 2.05) is 63.2 Å². The lowest BCUT2D eigenvalue weighted by molar-refractivity contribution is 0.597. The number of para-hydroxylation sites is 2. The number of hydrogen-bond acceptors (Lipinski definition) is 6. The summed E-state index contributed by atoms with van der Waals surface area (Å²) in [5, 5.41) is 4.53. The van der Waals surface area contributed by atoms with Crippen molar-refractivity contribution in [3.8, 4) is 0 Å². The van der Waals surface area contributed by atoms with Crippen LogP contribution in [-0.2, 0) is 9.84 Å². The van der Waals surface area contributed by atoms with Crippen LogP contribution in [0.25, 0.3) is 22.2 Å². The summed E-state index contributed by atoms with van der Waals surface area (Å²) in [4.78, 5) is 9.38. The zero-order valence-corrected chi connectivity index (χ0v) is 19.8. The highest BCUT2D eigenvalue weighted by Gasteiger charge is 2.30. The van der Waals surface area contributed by atoms with E-state index in [4.69, 9.17) is 5.73 Å². The number of anilines is 1. The van der Waals surface area contributed by atoms with Gasteiger partial charge in [-0.15, -0.1) is 0 Å². The molecule has 5 rings (SSSR count). The first-order chi connectivity index (χ1) is 16.3. The zero-order chi connectivity index (χ0) is 24.0. The van der Waals surface area contributed by atoms with Crippen LogP contribution < -0.4 is 5.73 Å². The predicted octanol–water partition coefficient (Wildman–Crippen LogP) is 4.81. The molecule has 0 aliphatic rings. The van der Waals surface area contributed by atoms with Gasteiger partial charge in [0.05, 0.1) is 22.1 Å². The summed E-state index contributed by atoms with van der Waals surface area (Å²) in [5.41, 5.74) is 11.9. The third-order valence-corrected chi connectivity index (χ3v) is 7.80. The van der Waals surface area contributed by atoms with Gasteiger partial charge in [-0.25, -0.2) is 18.4 Å². The molecular weight excluding hydrogens is 446 g/mol. The highest BCUT2D eigenvalue weighted by Crippen LogP contribution is 2.35. The molecule has 0 saturated heterocycles. The van der Waals surface area contributed by atoms with Crippen LogP contribution >= 0.6 is 0 Å². The number of aromatic nitrogens is 3. The molecule has 7 nitrogen and oxygen atoms in total. The molecule has 0 aliphatic heterocycles. The van der Waals surface area contributed by atoms with Gasteiger partial charge in [-0.05, 0) is 67.3 Å². The largest absolute Gasteiger partial charge is 0.382 e. The molecule has 0 bridgehead atoms. The second-order valence-corrected chi connectivity index (χ2v) is 10.1. The van der Waals surface area contributed by atoms with Crippen molar-refractivity contribution >= 4 is 44.1 Å². The van der Waals surface area contributed by atoms with Gasteiger partial charge in [-0.3, -0.25) is 0 Å². The van der Waals surface area contributed by atoms with E-state index in [-0.39, 0.29) is 26.8 Å². The molecule has 2 heterocycles. The minimum atomic E-state index is -4.00. The number of nitrogens with zero attached hydrogens (tertiary/aromatic N) is 4. The van der Waals surface area contributed by atoms with Gasteiger partial charge < -0.3 is 5.73 Å². The molecule has 3 aromatic carbocycles. The van der Waals surface area contributed by atoms with E-state index < -0.39 is 9.84 Å². The Balaban J connectivity index is 1.81. The van der Waals surface area contributed by atoms with E-state index in [1.165, 1.54) is 4.68 Å². The van der Waals surface area contributed by atoms with Crippen molar-refractivity contribution in [2.24, 2.45) is 5.10 Å². The standard InChI is InChI=1S/C26H23N5O2S/c1-16-12-13-20(14-18(16)3)34(32,33)24-23-26(30-22-11-7-6-10-21(22)29-23)31(25(24)27)28-15-19-9-5-4-8-17(19)2/h4-15H,27H2,1-3H3. The number of nitrogen functional groups attached to an aromatic ring is 1. The lowest BCUT2D eigenvalue weighted by Gasteiger charge is -2.07. The summed E-state index contributed by atoms with van der Waals surface area (Å²) in [5.74, 6) is -0.0339. The van der Waals surface area contributed by atoms with E-state index in [2.05, 4.69) is 15.1 Å². The van der Waals surface area contributed by atoms with E-state index in [0.717, 1.165) is 22.3 Å². The van der Waals surface area contributed by atoms with Crippen LogP contribution in [0.2, 0.25) is 0 Å². The Morgan fingerprint density at radius 3 is 2.24 bits per heavy atom. The van der Waals surface area contributed by atoms with Crippen molar-refractivity contribution in [3.05, 3.63) is 89.0 Å². The average Bonchev–Trinajstić information content (AvgIpc) is 3.09. The summed E-state index contributed by atoms with van der Waals surface area (Å²) in [7, 11) is -4.00. The average molecular weight is 470 g/mol. The molecule has 0 saturated carbocycles. The van der Waals surface area contributed by atoms with Gasteiger partial charge in [0, 0.05) is 0 Å². The fourth-order valence-electron chi connectivity index (χ4n) is 3.85. The molecule has 34 heavy (non-hydrogen) atoms. The second kappa shape index (κ2) is 8.07. The van der Waals surface area contributed by atoms with Gasteiger partial charge in [-0.2, -0.15) is 9.78 Å². The third-order valence-electron chi connectivity index (χ3n) is 5.99. The Bertz CT molecular complexity index is 1720. The van der Waals surface area contributed by atoms with Gasteiger partial charge in [0.15, 0.2) is 5.65 Å². The smallest absolute Gasteiger partial charge is 0.212 e. The molecule has 0 spiro atoms. The first kappa shape index (κ1) is 21.8. The van der Waals surface area contributed by atoms with Crippen LogP contribution in [0.15, 0.2) is 81.6 Å². The van der Waals surface area contributed by atoms with E-state index in [0.29, 0.717) is 11.0 Å². The predicted molar refractivity (Wildman–Crippen MR) is 135 cm³/mol. The van der Waals surface area contributed by atoms with Crippen molar-refractivity contribution in [3.63, 3.8) is 0 Å². The Kier molecular flexibility index (Phi) is 5.17. The lowest BCUT2D eigenvalue weighted by Crippen LogP contribution is -2.07. The number of rotatable bonds is 4. The Morgan fingerprint density at radius 2 is 1.53 bits per heavy atom. The number of aryl methyl sites for hydroxylation is 3. The van der Waals surface area contributed by atoms with E-state index in [1.54, 1.807) is 30.5 Å². The summed E-state index contributed by atoms with van der Waals surface area (Å²) in [6, 6.07) is 20.1. The molecule has 0 fully saturated rings. The molecule has 2 N–H and O–H groups in total. The second-order valence-electron chi connectivity index (χ2n) is 8.26. The summed E-state index contributed by atoms with van der Waals surface area (Å²) >= 11 is 0. The SMILES string of the molecule is Cc1ccc(S(=O)(=O)c2c(N)n(N=Cc3ccccc3C)c3nc4ccccc4nc23)cc1C. The molecule has 0 amide bonds. The summed E-state index contributed by atoms with van der Waals surface area (Å²) in [6.07, 6.45) is 1.65. The van der Waals surface area contributed by atoms with Crippen molar-refractivity contribution in [2.45, 2.75) is 30.6 Å². The van der Waals surface area contributed by atoms with Crippen molar-refractivity contribution < 1.29 is 8.42 Å². The van der Waals surface area contributed by atoms with Crippen molar-refractivity contribution in [1.29, 1.82) is 0 Å². The fraction of sp³-hybridized carbons (Fsp3) is 0.115. The molecular formula is C26H23N5O2S. The molecule has 2 aromatic heterocycles. The Hall–Kier alpha value is -4.04. The van der Waals surface area contributed by atoms with Crippen molar-refractivity contribution in [2.75, 3.05) is 5.73 Å². The maximum atomic E-state index is 13.8. The van der Waals surface area contributed by atoms with Crippen molar-refractivity contribution in [1.82, 2.24) is 14.6 Å². The number of fused-ring (bicyclic) bond motifs is 2. The first-order valence-corrected chi connectivity index (χ1v) is 12.2. The molecule has 0 radical (unpaired) electrons. The summed E-state index contributed by atoms with van der Waals surface area (Å²) in [6.45, 7) is 5.78. The minimum absolute atomic E-state index is 0.0339. The highest BCUT2D eigenvalue weighted by molar-refractivity contribution is 7.92. The number of hydrogen-bond donors (Lipinski definition) is 1. The third kappa shape index (κ3) is 3.52. The molecule has 0 aliphatic carbocycles. The van der Waals surface area contributed by atoms with Crippen LogP contribution in [0.5, 0.6) is 0 Å². The Labute approximate surface area is 197 Å². The van der Waals surface area contributed by atoms with Gasteiger partial charge >= 0.3 is 0 Å². The molecule has 0 atom stereocenters. The molecule has 0 unspecified atom stereocenters. The monoisotopic (exact) mass is 469 g/mol. The van der Waals surface area contributed by atoms with E-state index >= 15 is 0 Å². The van der Waals surface area contributed by atoms with Crippen LogP contribution in [-0.4, -0.2) is 29.3 Å². The highest BCUT2D eigenvalue weighted by atomic mass is 32.2. The number of benzene rings is 3. The quantitative estimate of drug-likeness (QED) is 0.381. The molecule has 170 valence electrons. The zero-order valence-electron chi connectivity index (χ0n) is 19.0. The number of sulfone groups is 1. The lowest BCUT2D eigenvalue weighted by atomic mass is 10.1. The molecule has 5 aromatic rings. The van der Waals surface area contributed by atoms with Gasteiger partial charge in [-0.1, -0.05) is 42.5 Å². The van der Waals surface area contributed by atoms with Gasteiger partial charge in [0.1, 0.15) is 16.2 Å². The van der Waals surface area contributed by atoms with E-state index in [9.17, 15) is 8.42 Å².